The van der Waals surface area contributed by atoms with Crippen LogP contribution in [-0.4, -0.2) is 60.6 Å². The van der Waals surface area contributed by atoms with Gasteiger partial charge in [0.05, 0.1) is 12.5 Å². The Hall–Kier alpha value is -2.08. The first-order valence-corrected chi connectivity index (χ1v) is 10.2. The molecule has 146 valence electrons. The van der Waals surface area contributed by atoms with Gasteiger partial charge in [-0.3, -0.25) is 4.79 Å². The molecule has 0 spiro atoms. The minimum Gasteiger partial charge on any atom is -0.450 e. The highest BCUT2D eigenvalue weighted by atomic mass is 16.6. The van der Waals surface area contributed by atoms with E-state index < -0.39 is 0 Å². The summed E-state index contributed by atoms with van der Waals surface area (Å²) in [6.07, 6.45) is 3.96. The maximum absolute atomic E-state index is 12.5. The van der Waals surface area contributed by atoms with Crippen LogP contribution in [0.15, 0.2) is 24.3 Å². The van der Waals surface area contributed by atoms with E-state index in [0.29, 0.717) is 18.6 Å². The lowest BCUT2D eigenvalue weighted by atomic mass is 9.80. The smallest absolute Gasteiger partial charge is 0.409 e. The molecule has 0 aliphatic carbocycles. The van der Waals surface area contributed by atoms with Gasteiger partial charge in [0.15, 0.2) is 0 Å². The van der Waals surface area contributed by atoms with Crippen LogP contribution in [0.2, 0.25) is 0 Å². The number of likely N-dealkylation sites (tertiary alicyclic amines) is 2. The lowest BCUT2D eigenvalue weighted by Crippen LogP contribution is -2.49. The summed E-state index contributed by atoms with van der Waals surface area (Å²) in [5, 5.41) is 3.04. The van der Waals surface area contributed by atoms with Crippen molar-refractivity contribution in [2.75, 3.05) is 38.1 Å². The lowest BCUT2D eigenvalue weighted by molar-refractivity contribution is -0.118. The molecule has 2 saturated heterocycles. The van der Waals surface area contributed by atoms with Crippen molar-refractivity contribution in [2.24, 2.45) is 5.92 Å². The van der Waals surface area contributed by atoms with Crippen molar-refractivity contribution < 1.29 is 14.3 Å². The average molecular weight is 371 g/mol. The minimum absolute atomic E-state index is 0.00834. The van der Waals surface area contributed by atoms with Crippen LogP contribution in [0, 0.1) is 5.92 Å². The number of amides is 2. The van der Waals surface area contributed by atoms with E-state index >= 15 is 0 Å². The van der Waals surface area contributed by atoms with Crippen molar-refractivity contribution in [2.45, 2.75) is 44.6 Å². The van der Waals surface area contributed by atoms with Crippen molar-refractivity contribution in [1.29, 1.82) is 0 Å². The number of rotatable bonds is 3. The predicted molar refractivity (Wildman–Crippen MR) is 104 cm³/mol. The molecular weight excluding hydrogens is 342 g/mol. The molecule has 2 fully saturated rings. The van der Waals surface area contributed by atoms with E-state index in [-0.39, 0.29) is 17.9 Å². The lowest BCUT2D eigenvalue weighted by Gasteiger charge is -2.42. The van der Waals surface area contributed by atoms with E-state index in [2.05, 4.69) is 16.3 Å². The molecular formula is C21H29N3O3. The Morgan fingerprint density at radius 3 is 2.52 bits per heavy atom. The van der Waals surface area contributed by atoms with Gasteiger partial charge in [-0.15, -0.1) is 0 Å². The molecule has 0 bridgehead atoms. The molecule has 1 N–H and O–H groups in total. The standard InChI is InChI=1S/C21H29N3O3/c1-2-27-21(26)24-13-9-16(10-14-24)23-11-7-15(8-12-23)19-17-5-3-4-6-18(17)22-20(19)25/h3-6,15-16,19H,2,7-14H2,1H3,(H,22,25). The quantitative estimate of drug-likeness (QED) is 0.887. The number of benzene rings is 1. The number of nitrogens with zero attached hydrogens (tertiary/aromatic N) is 2. The molecule has 3 aliphatic rings. The molecule has 1 aromatic rings. The summed E-state index contributed by atoms with van der Waals surface area (Å²) in [5.41, 5.74) is 2.16. The maximum atomic E-state index is 12.5. The highest BCUT2D eigenvalue weighted by Gasteiger charge is 2.39. The fourth-order valence-electron chi connectivity index (χ4n) is 4.95. The largest absolute Gasteiger partial charge is 0.450 e. The number of para-hydroxylation sites is 1. The fourth-order valence-corrected chi connectivity index (χ4v) is 4.95. The van der Waals surface area contributed by atoms with Crippen molar-refractivity contribution in [3.63, 3.8) is 0 Å². The number of hydrogen-bond donors (Lipinski definition) is 1. The van der Waals surface area contributed by atoms with Gasteiger partial charge in [-0.25, -0.2) is 4.79 Å². The third-order valence-electron chi connectivity index (χ3n) is 6.39. The summed E-state index contributed by atoms with van der Waals surface area (Å²) in [7, 11) is 0. The summed E-state index contributed by atoms with van der Waals surface area (Å²) < 4.78 is 5.11. The van der Waals surface area contributed by atoms with Crippen LogP contribution in [0.3, 0.4) is 0 Å². The molecule has 0 radical (unpaired) electrons. The molecule has 6 nitrogen and oxygen atoms in total. The number of ether oxygens (including phenoxy) is 1. The SMILES string of the molecule is CCOC(=O)N1CCC(N2CCC(C3C(=O)Nc4ccccc43)CC2)CC1. The Balaban J connectivity index is 1.30. The molecule has 0 aromatic heterocycles. The molecule has 0 saturated carbocycles. The molecule has 2 amide bonds. The molecule has 1 unspecified atom stereocenters. The van der Waals surface area contributed by atoms with Gasteiger partial charge in [0.1, 0.15) is 0 Å². The van der Waals surface area contributed by atoms with Gasteiger partial charge in [-0.05, 0) is 63.2 Å². The van der Waals surface area contributed by atoms with Gasteiger partial charge in [0.2, 0.25) is 5.91 Å². The van der Waals surface area contributed by atoms with Crippen molar-refractivity contribution >= 4 is 17.7 Å². The van der Waals surface area contributed by atoms with Crippen LogP contribution < -0.4 is 5.32 Å². The van der Waals surface area contributed by atoms with Gasteiger partial charge in [0, 0.05) is 24.8 Å². The first-order valence-electron chi connectivity index (χ1n) is 10.2. The van der Waals surface area contributed by atoms with Gasteiger partial charge in [0.25, 0.3) is 0 Å². The van der Waals surface area contributed by atoms with Crippen LogP contribution >= 0.6 is 0 Å². The molecule has 1 atom stereocenters. The summed E-state index contributed by atoms with van der Waals surface area (Å²) >= 11 is 0. The second kappa shape index (κ2) is 7.89. The number of fused-ring (bicyclic) bond motifs is 1. The van der Waals surface area contributed by atoms with Gasteiger partial charge in [-0.2, -0.15) is 0 Å². The van der Waals surface area contributed by atoms with E-state index in [1.54, 1.807) is 0 Å². The zero-order valence-electron chi connectivity index (χ0n) is 16.0. The summed E-state index contributed by atoms with van der Waals surface area (Å²) in [5.74, 6) is 0.593. The Morgan fingerprint density at radius 2 is 1.81 bits per heavy atom. The summed E-state index contributed by atoms with van der Waals surface area (Å²) in [6.45, 7) is 5.92. The molecule has 3 aliphatic heterocycles. The molecule has 27 heavy (non-hydrogen) atoms. The number of piperidine rings is 2. The maximum Gasteiger partial charge on any atom is 0.409 e. The number of carbonyl (C=O) groups is 2. The number of hydrogen-bond acceptors (Lipinski definition) is 4. The predicted octanol–water partition coefficient (Wildman–Crippen LogP) is 3.06. The van der Waals surface area contributed by atoms with Crippen LogP contribution in [0.25, 0.3) is 0 Å². The van der Waals surface area contributed by atoms with Crippen LogP contribution in [-0.2, 0) is 9.53 Å². The second-order valence-corrected chi connectivity index (χ2v) is 7.84. The molecule has 3 heterocycles. The average Bonchev–Trinajstić information content (AvgIpc) is 3.04. The van der Waals surface area contributed by atoms with Crippen LogP contribution in [0.5, 0.6) is 0 Å². The van der Waals surface area contributed by atoms with E-state index in [4.69, 9.17) is 4.74 Å². The van der Waals surface area contributed by atoms with E-state index in [9.17, 15) is 9.59 Å². The molecule has 4 rings (SSSR count). The van der Waals surface area contributed by atoms with Gasteiger partial charge < -0.3 is 19.9 Å². The first kappa shape index (κ1) is 18.3. The Morgan fingerprint density at radius 1 is 1.11 bits per heavy atom. The first-order chi connectivity index (χ1) is 13.2. The molecule has 6 heteroatoms. The van der Waals surface area contributed by atoms with Crippen molar-refractivity contribution in [3.8, 4) is 0 Å². The van der Waals surface area contributed by atoms with E-state index in [0.717, 1.165) is 57.5 Å². The normalized spacial score (nSPS) is 24.6. The second-order valence-electron chi connectivity index (χ2n) is 7.84. The number of nitrogens with one attached hydrogen (secondary N) is 1. The highest BCUT2D eigenvalue weighted by Crippen LogP contribution is 2.41. The van der Waals surface area contributed by atoms with E-state index in [1.807, 2.05) is 30.0 Å². The van der Waals surface area contributed by atoms with Crippen molar-refractivity contribution in [1.82, 2.24) is 9.80 Å². The van der Waals surface area contributed by atoms with Gasteiger partial charge in [-0.1, -0.05) is 18.2 Å². The highest BCUT2D eigenvalue weighted by molar-refractivity contribution is 6.03. The van der Waals surface area contributed by atoms with E-state index in [1.165, 1.54) is 5.56 Å². The minimum atomic E-state index is -0.180. The summed E-state index contributed by atoms with van der Waals surface area (Å²) in [6, 6.07) is 8.64. The Labute approximate surface area is 160 Å². The topological polar surface area (TPSA) is 61.9 Å². The van der Waals surface area contributed by atoms with Crippen LogP contribution in [0.1, 0.15) is 44.1 Å². The Kier molecular flexibility index (Phi) is 5.34. The Bertz CT molecular complexity index is 692. The summed E-state index contributed by atoms with van der Waals surface area (Å²) in [4.78, 5) is 28.7. The zero-order chi connectivity index (χ0) is 18.8. The monoisotopic (exact) mass is 371 g/mol. The third kappa shape index (κ3) is 3.68. The zero-order valence-corrected chi connectivity index (χ0v) is 16.0. The number of anilines is 1. The van der Waals surface area contributed by atoms with Crippen molar-refractivity contribution in [3.05, 3.63) is 29.8 Å². The number of carbonyl (C=O) groups excluding carboxylic acids is 2. The fraction of sp³-hybridized carbons (Fsp3) is 0.619. The third-order valence-corrected chi connectivity index (χ3v) is 6.39. The van der Waals surface area contributed by atoms with Gasteiger partial charge >= 0.3 is 6.09 Å². The molecule has 1 aromatic carbocycles. The van der Waals surface area contributed by atoms with Crippen LogP contribution in [0.4, 0.5) is 10.5 Å².